The molecule has 5 nitrogen and oxygen atoms in total. The Morgan fingerprint density at radius 1 is 1.44 bits per heavy atom. The third kappa shape index (κ3) is 1.98. The molecule has 1 atom stereocenters. The first-order valence-corrected chi connectivity index (χ1v) is 4.82. The van der Waals surface area contributed by atoms with Crippen LogP contribution in [0.4, 0.5) is 0 Å². The smallest absolute Gasteiger partial charge is 0.396 e. The summed E-state index contributed by atoms with van der Waals surface area (Å²) < 4.78 is 10.4. The van der Waals surface area contributed by atoms with Gasteiger partial charge in [-0.15, -0.1) is 0 Å². The van der Waals surface area contributed by atoms with Crippen LogP contribution in [0.2, 0.25) is 0 Å². The molecule has 1 aliphatic rings. The van der Waals surface area contributed by atoms with Crippen molar-refractivity contribution in [2.75, 3.05) is 13.7 Å². The first-order valence-electron chi connectivity index (χ1n) is 4.82. The fourth-order valence-electron chi connectivity index (χ4n) is 1.53. The van der Waals surface area contributed by atoms with E-state index in [0.717, 1.165) is 17.5 Å². The number of ether oxygens (including phenoxy) is 2. The number of hydrogen-bond donors (Lipinski definition) is 0. The largest absolute Gasteiger partial charge is 0.623 e. The molecule has 2 rings (SSSR count). The molecule has 84 valence electrons. The molecule has 16 heavy (non-hydrogen) atoms. The Labute approximate surface area is 92.5 Å². The second-order valence-electron chi connectivity index (χ2n) is 3.41. The van der Waals surface area contributed by atoms with E-state index >= 15 is 0 Å². The summed E-state index contributed by atoms with van der Waals surface area (Å²) in [4.78, 5) is 10.8. The molecule has 0 amide bonds. The monoisotopic (exact) mass is 221 g/mol. The van der Waals surface area contributed by atoms with Crippen molar-refractivity contribution in [2.45, 2.75) is 6.04 Å². The maximum absolute atomic E-state index is 11.5. The predicted octanol–water partition coefficient (Wildman–Crippen LogP) is 0.874. The van der Waals surface area contributed by atoms with Gasteiger partial charge >= 0.3 is 5.97 Å². The van der Waals surface area contributed by atoms with Gasteiger partial charge in [0.1, 0.15) is 5.75 Å². The van der Waals surface area contributed by atoms with Crippen molar-refractivity contribution in [2.24, 2.45) is 0 Å². The Hall–Kier alpha value is -2.04. The number of carbonyl (C=O) groups is 1. The van der Waals surface area contributed by atoms with Gasteiger partial charge in [-0.2, -0.15) is 4.74 Å². The molecular weight excluding hydrogens is 210 g/mol. The third-order valence-corrected chi connectivity index (χ3v) is 2.42. The zero-order valence-electron chi connectivity index (χ0n) is 8.75. The molecule has 0 saturated heterocycles. The van der Waals surface area contributed by atoms with Crippen LogP contribution in [-0.2, 0) is 9.53 Å². The zero-order chi connectivity index (χ0) is 11.5. The van der Waals surface area contributed by atoms with Crippen LogP contribution in [0.1, 0.15) is 11.6 Å². The van der Waals surface area contributed by atoms with Crippen molar-refractivity contribution in [1.29, 1.82) is 0 Å². The lowest BCUT2D eigenvalue weighted by Gasteiger charge is -2.20. The van der Waals surface area contributed by atoms with Crippen LogP contribution >= 0.6 is 0 Å². The van der Waals surface area contributed by atoms with Crippen LogP contribution in [0, 0.1) is 5.21 Å². The highest BCUT2D eigenvalue weighted by molar-refractivity contribution is 6.21. The Morgan fingerprint density at radius 3 is 2.69 bits per heavy atom. The van der Waals surface area contributed by atoms with Crippen LogP contribution in [0.15, 0.2) is 24.3 Å². The maximum atomic E-state index is 11.5. The molecule has 5 heteroatoms. The van der Waals surface area contributed by atoms with Crippen molar-refractivity contribution in [1.82, 2.24) is 0 Å². The fourth-order valence-corrected chi connectivity index (χ4v) is 1.53. The second kappa shape index (κ2) is 4.22. The molecule has 1 heterocycles. The number of hydroxylamine groups is 1. The summed E-state index contributed by atoms with van der Waals surface area (Å²) >= 11 is 0. The van der Waals surface area contributed by atoms with E-state index in [9.17, 15) is 10.0 Å². The van der Waals surface area contributed by atoms with Gasteiger partial charge in [-0.25, -0.2) is 4.79 Å². The van der Waals surface area contributed by atoms with Crippen molar-refractivity contribution < 1.29 is 19.0 Å². The Balaban J connectivity index is 2.24. The zero-order valence-corrected chi connectivity index (χ0v) is 8.75. The topological polar surface area (TPSA) is 61.6 Å². The van der Waals surface area contributed by atoms with Crippen LogP contribution in [0.5, 0.6) is 5.75 Å². The van der Waals surface area contributed by atoms with Gasteiger partial charge in [-0.05, 0) is 24.3 Å². The van der Waals surface area contributed by atoms with Crippen LogP contribution in [-0.4, -0.2) is 30.6 Å². The summed E-state index contributed by atoms with van der Waals surface area (Å²) in [5.41, 5.74) is 0.791. The molecule has 0 saturated carbocycles. The van der Waals surface area contributed by atoms with Gasteiger partial charge < -0.3 is 14.7 Å². The summed E-state index contributed by atoms with van der Waals surface area (Å²) in [5.74, 6) is 0.123. The standard InChI is InChI=1S/C11H11NO4/c1-15-9-4-2-8(3-5-9)10-7-16-11(13)6-12(10)14/h2-6,10H,7H2,1H3/t10-/m1/s1. The Bertz CT molecular complexity index is 424. The van der Waals surface area contributed by atoms with Gasteiger partial charge in [-0.3, -0.25) is 0 Å². The molecule has 1 aromatic carbocycles. The number of hydrogen-bond acceptors (Lipinski definition) is 4. The summed E-state index contributed by atoms with van der Waals surface area (Å²) in [7, 11) is 1.57. The van der Waals surface area contributed by atoms with Gasteiger partial charge in [-0.1, -0.05) is 0 Å². The molecular formula is C11H11NO4. The highest BCUT2D eigenvalue weighted by Gasteiger charge is 2.26. The number of rotatable bonds is 2. The van der Waals surface area contributed by atoms with Crippen molar-refractivity contribution >= 4 is 12.2 Å². The lowest BCUT2D eigenvalue weighted by molar-refractivity contribution is -0.511. The number of benzene rings is 1. The second-order valence-corrected chi connectivity index (χ2v) is 3.41. The molecule has 0 radical (unpaired) electrons. The van der Waals surface area contributed by atoms with Crippen molar-refractivity contribution in [3.8, 4) is 5.75 Å². The lowest BCUT2D eigenvalue weighted by Crippen LogP contribution is -2.30. The number of methoxy groups -OCH3 is 1. The predicted molar refractivity (Wildman–Crippen MR) is 56.4 cm³/mol. The first-order chi connectivity index (χ1) is 7.70. The maximum Gasteiger partial charge on any atom is 0.396 e. The van der Waals surface area contributed by atoms with Gasteiger partial charge in [0.25, 0.3) is 6.21 Å². The first kappa shape index (κ1) is 10.5. The minimum absolute atomic E-state index is 0.0746. The van der Waals surface area contributed by atoms with Gasteiger partial charge in [0.15, 0.2) is 6.61 Å². The summed E-state index contributed by atoms with van der Waals surface area (Å²) in [5, 5.41) is 11.5. The van der Waals surface area contributed by atoms with Gasteiger partial charge in [0.2, 0.25) is 6.04 Å². The van der Waals surface area contributed by atoms with E-state index in [-0.39, 0.29) is 6.61 Å². The average Bonchev–Trinajstić information content (AvgIpc) is 2.29. The van der Waals surface area contributed by atoms with Crippen LogP contribution in [0.3, 0.4) is 0 Å². The molecule has 0 N–H and O–H groups in total. The molecule has 0 aromatic heterocycles. The highest BCUT2D eigenvalue weighted by Crippen LogP contribution is 2.21. The molecule has 0 fully saturated rings. The van der Waals surface area contributed by atoms with E-state index in [1.54, 1.807) is 31.4 Å². The van der Waals surface area contributed by atoms with E-state index in [2.05, 4.69) is 0 Å². The van der Waals surface area contributed by atoms with Crippen molar-refractivity contribution in [3.05, 3.63) is 35.0 Å². The SMILES string of the molecule is COc1ccc([C@H]2COC(=O)C=[N+]2[O-])cc1. The quantitative estimate of drug-likeness (QED) is 0.422. The minimum Gasteiger partial charge on any atom is -0.623 e. The minimum atomic E-state index is -0.597. The fraction of sp³-hybridized carbons (Fsp3) is 0.273. The lowest BCUT2D eigenvalue weighted by atomic mass is 10.1. The van der Waals surface area contributed by atoms with Crippen molar-refractivity contribution in [3.63, 3.8) is 0 Å². The highest BCUT2D eigenvalue weighted by atomic mass is 16.6. The number of nitrogens with zero attached hydrogens (tertiary/aromatic N) is 1. The number of cyclic esters (lactones) is 1. The van der Waals surface area contributed by atoms with E-state index < -0.39 is 12.0 Å². The molecule has 0 unspecified atom stereocenters. The van der Waals surface area contributed by atoms with Crippen LogP contribution < -0.4 is 4.74 Å². The van der Waals surface area contributed by atoms with Gasteiger partial charge in [0, 0.05) is 5.56 Å². The molecule has 0 bridgehead atoms. The Morgan fingerprint density at radius 2 is 2.12 bits per heavy atom. The van der Waals surface area contributed by atoms with Crippen LogP contribution in [0.25, 0.3) is 0 Å². The molecule has 1 aliphatic heterocycles. The van der Waals surface area contributed by atoms with E-state index in [0.29, 0.717) is 4.74 Å². The normalized spacial score (nSPS) is 19.9. The summed E-state index contributed by atoms with van der Waals surface area (Å²) in [6.45, 7) is 0.0746. The number of esters is 1. The van der Waals surface area contributed by atoms with E-state index in [1.165, 1.54) is 0 Å². The average molecular weight is 221 g/mol. The third-order valence-electron chi connectivity index (χ3n) is 2.42. The summed E-state index contributed by atoms with van der Waals surface area (Å²) in [6, 6.07) is 6.62. The van der Waals surface area contributed by atoms with Gasteiger partial charge in [0.05, 0.1) is 7.11 Å². The summed E-state index contributed by atoms with van der Waals surface area (Å²) in [6.07, 6.45) is 0.915. The van der Waals surface area contributed by atoms with E-state index in [1.807, 2.05) is 0 Å². The molecule has 0 spiro atoms. The van der Waals surface area contributed by atoms with E-state index in [4.69, 9.17) is 9.47 Å². The number of carbonyl (C=O) groups excluding carboxylic acids is 1. The molecule has 0 aliphatic carbocycles. The molecule has 1 aromatic rings. The Kier molecular flexibility index (Phi) is 2.76.